The van der Waals surface area contributed by atoms with Gasteiger partial charge in [-0.2, -0.15) is 0 Å². The van der Waals surface area contributed by atoms with E-state index in [-0.39, 0.29) is 11.4 Å². The summed E-state index contributed by atoms with van der Waals surface area (Å²) in [5, 5.41) is 5.61. The Hall–Kier alpha value is -2.77. The molecule has 1 aliphatic carbocycles. The van der Waals surface area contributed by atoms with Crippen LogP contribution in [0.3, 0.4) is 0 Å². The van der Waals surface area contributed by atoms with Crippen molar-refractivity contribution in [3.8, 4) is 0 Å². The summed E-state index contributed by atoms with van der Waals surface area (Å²) in [5.41, 5.74) is -1.42. The zero-order chi connectivity index (χ0) is 16.7. The third kappa shape index (κ3) is 2.17. The summed E-state index contributed by atoms with van der Waals surface area (Å²) < 4.78 is 15.8. The molecule has 0 radical (unpaired) electrons. The molecule has 7 nitrogen and oxygen atoms in total. The number of anilines is 2. The number of hydrogen-bond donors (Lipinski definition) is 2. The van der Waals surface area contributed by atoms with Gasteiger partial charge in [-0.05, 0) is 31.7 Å². The molecule has 0 bridgehead atoms. The highest BCUT2D eigenvalue weighted by Crippen LogP contribution is 2.36. The standard InChI is InChI=1S/C16H16FN5O2/c17-10-8-11-14(23)21-16(5-2-1-3-6-16)22(11)15(24)13(10)20-12-4-7-18-9-19-12/h4,7-9H,1-3,5-6H2,(H,21,23)(H,18,19,20). The van der Waals surface area contributed by atoms with E-state index < -0.39 is 22.9 Å². The lowest BCUT2D eigenvalue weighted by molar-refractivity contribution is 0.0877. The lowest BCUT2D eigenvalue weighted by Gasteiger charge is -2.35. The number of nitrogens with one attached hydrogen (secondary N) is 2. The van der Waals surface area contributed by atoms with Crippen molar-refractivity contribution in [2.75, 3.05) is 5.32 Å². The van der Waals surface area contributed by atoms with Gasteiger partial charge in [-0.25, -0.2) is 14.4 Å². The Morgan fingerprint density at radius 3 is 2.75 bits per heavy atom. The van der Waals surface area contributed by atoms with E-state index in [4.69, 9.17) is 0 Å². The molecule has 0 unspecified atom stereocenters. The van der Waals surface area contributed by atoms with Crippen LogP contribution in [0.15, 0.2) is 29.5 Å². The molecular weight excluding hydrogens is 313 g/mol. The van der Waals surface area contributed by atoms with Gasteiger partial charge in [0.25, 0.3) is 11.5 Å². The maximum absolute atomic E-state index is 14.4. The Balaban J connectivity index is 1.85. The summed E-state index contributed by atoms with van der Waals surface area (Å²) in [7, 11) is 0. The Morgan fingerprint density at radius 2 is 2.04 bits per heavy atom. The van der Waals surface area contributed by atoms with Crippen LogP contribution in [-0.2, 0) is 5.66 Å². The number of carbonyl (C=O) groups is 1. The maximum atomic E-state index is 14.4. The number of nitrogens with zero attached hydrogens (tertiary/aromatic N) is 3. The summed E-state index contributed by atoms with van der Waals surface area (Å²) in [6.45, 7) is 0. The molecule has 0 atom stereocenters. The summed E-state index contributed by atoms with van der Waals surface area (Å²) in [6, 6.07) is 2.65. The van der Waals surface area contributed by atoms with E-state index in [9.17, 15) is 14.0 Å². The van der Waals surface area contributed by atoms with Crippen molar-refractivity contribution in [3.05, 3.63) is 46.5 Å². The molecule has 1 aliphatic heterocycles. The Kier molecular flexibility index (Phi) is 3.33. The van der Waals surface area contributed by atoms with Crippen LogP contribution in [0.1, 0.15) is 42.6 Å². The Bertz CT molecular complexity index is 859. The van der Waals surface area contributed by atoms with Gasteiger partial charge in [0, 0.05) is 12.3 Å². The van der Waals surface area contributed by atoms with E-state index >= 15 is 0 Å². The minimum Gasteiger partial charge on any atom is -0.333 e. The zero-order valence-corrected chi connectivity index (χ0v) is 12.9. The molecule has 2 N–H and O–H groups in total. The second-order valence-corrected chi connectivity index (χ2v) is 6.16. The molecule has 8 heteroatoms. The van der Waals surface area contributed by atoms with Crippen LogP contribution in [-0.4, -0.2) is 20.4 Å². The van der Waals surface area contributed by atoms with Gasteiger partial charge in [0.05, 0.1) is 0 Å². The van der Waals surface area contributed by atoms with E-state index in [1.165, 1.54) is 23.2 Å². The predicted octanol–water partition coefficient (Wildman–Crippen LogP) is 1.88. The van der Waals surface area contributed by atoms with Crippen LogP contribution in [0.5, 0.6) is 0 Å². The van der Waals surface area contributed by atoms with Gasteiger partial charge in [-0.3, -0.25) is 14.2 Å². The Labute approximate surface area is 136 Å². The number of rotatable bonds is 2. The maximum Gasteiger partial charge on any atom is 0.279 e. The molecule has 2 aromatic rings. The van der Waals surface area contributed by atoms with Crippen molar-refractivity contribution in [2.24, 2.45) is 0 Å². The van der Waals surface area contributed by atoms with Crippen molar-refractivity contribution >= 4 is 17.4 Å². The zero-order valence-electron chi connectivity index (χ0n) is 12.9. The third-order valence-corrected chi connectivity index (χ3v) is 4.68. The molecule has 124 valence electrons. The normalized spacial score (nSPS) is 18.3. The number of carbonyl (C=O) groups excluding carboxylic acids is 1. The van der Waals surface area contributed by atoms with Gasteiger partial charge in [0.2, 0.25) is 0 Å². The molecule has 0 aromatic carbocycles. The van der Waals surface area contributed by atoms with Gasteiger partial charge in [0.1, 0.15) is 29.2 Å². The van der Waals surface area contributed by atoms with Gasteiger partial charge in [-0.15, -0.1) is 0 Å². The van der Waals surface area contributed by atoms with Crippen molar-refractivity contribution in [1.82, 2.24) is 19.9 Å². The van der Waals surface area contributed by atoms with E-state index in [0.717, 1.165) is 25.3 Å². The highest BCUT2D eigenvalue weighted by molar-refractivity contribution is 5.95. The minimum absolute atomic E-state index is 0.0765. The van der Waals surface area contributed by atoms with Gasteiger partial charge >= 0.3 is 0 Å². The monoisotopic (exact) mass is 329 g/mol. The van der Waals surface area contributed by atoms with Crippen molar-refractivity contribution in [1.29, 1.82) is 0 Å². The summed E-state index contributed by atoms with van der Waals surface area (Å²) in [5.74, 6) is -0.856. The molecule has 0 saturated heterocycles. The van der Waals surface area contributed by atoms with Crippen molar-refractivity contribution < 1.29 is 9.18 Å². The third-order valence-electron chi connectivity index (χ3n) is 4.68. The van der Waals surface area contributed by atoms with Gasteiger partial charge in [-0.1, -0.05) is 6.42 Å². The number of hydrogen-bond acceptors (Lipinski definition) is 5. The van der Waals surface area contributed by atoms with E-state index in [1.807, 2.05) is 0 Å². The molecule has 1 saturated carbocycles. The first-order chi connectivity index (χ1) is 11.6. The lowest BCUT2D eigenvalue weighted by Crippen LogP contribution is -2.48. The number of pyridine rings is 1. The molecule has 4 rings (SSSR count). The topological polar surface area (TPSA) is 88.9 Å². The first-order valence-electron chi connectivity index (χ1n) is 7.92. The van der Waals surface area contributed by atoms with Crippen LogP contribution in [0, 0.1) is 5.82 Å². The summed E-state index contributed by atoms with van der Waals surface area (Å²) in [6.07, 6.45) is 7.03. The molecule has 3 heterocycles. The molecule has 2 aliphatic rings. The number of halogens is 1. The second-order valence-electron chi connectivity index (χ2n) is 6.16. The molecule has 1 spiro atoms. The fourth-order valence-electron chi connectivity index (χ4n) is 3.59. The highest BCUT2D eigenvalue weighted by atomic mass is 19.1. The SMILES string of the molecule is O=C1NC2(CCCCC2)n2c1cc(F)c(Nc1ccncn1)c2=O. The van der Waals surface area contributed by atoms with E-state index in [0.29, 0.717) is 18.7 Å². The first-order valence-corrected chi connectivity index (χ1v) is 7.92. The largest absolute Gasteiger partial charge is 0.333 e. The van der Waals surface area contributed by atoms with E-state index in [2.05, 4.69) is 20.6 Å². The smallest absolute Gasteiger partial charge is 0.279 e. The number of aromatic nitrogens is 3. The minimum atomic E-state index is -0.770. The van der Waals surface area contributed by atoms with Gasteiger partial charge < -0.3 is 10.6 Å². The molecule has 1 fully saturated rings. The number of amides is 1. The average Bonchev–Trinajstić information content (AvgIpc) is 2.84. The second kappa shape index (κ2) is 5.40. The molecule has 2 aromatic heterocycles. The number of fused-ring (bicyclic) bond motifs is 2. The van der Waals surface area contributed by atoms with Crippen LogP contribution in [0.25, 0.3) is 0 Å². The van der Waals surface area contributed by atoms with Crippen molar-refractivity contribution in [3.63, 3.8) is 0 Å². The lowest BCUT2D eigenvalue weighted by atomic mass is 9.89. The highest BCUT2D eigenvalue weighted by Gasteiger charge is 2.45. The molecule has 24 heavy (non-hydrogen) atoms. The molecular formula is C16H16FN5O2. The van der Waals surface area contributed by atoms with Crippen LogP contribution in [0.4, 0.5) is 15.9 Å². The fourth-order valence-corrected chi connectivity index (χ4v) is 3.59. The average molecular weight is 329 g/mol. The predicted molar refractivity (Wildman–Crippen MR) is 84.5 cm³/mol. The Morgan fingerprint density at radius 1 is 1.25 bits per heavy atom. The first kappa shape index (κ1) is 14.8. The fraction of sp³-hybridized carbons (Fsp3) is 0.375. The molecule has 1 amide bonds. The van der Waals surface area contributed by atoms with Crippen LogP contribution in [0.2, 0.25) is 0 Å². The quantitative estimate of drug-likeness (QED) is 0.878. The van der Waals surface area contributed by atoms with E-state index in [1.54, 1.807) is 0 Å². The summed E-state index contributed by atoms with van der Waals surface area (Å²) >= 11 is 0. The van der Waals surface area contributed by atoms with Crippen LogP contribution < -0.4 is 16.2 Å². The van der Waals surface area contributed by atoms with Crippen LogP contribution >= 0.6 is 0 Å². The van der Waals surface area contributed by atoms with Crippen molar-refractivity contribution in [2.45, 2.75) is 37.8 Å². The summed E-state index contributed by atoms with van der Waals surface area (Å²) in [4.78, 5) is 32.9. The van der Waals surface area contributed by atoms with Gasteiger partial charge in [0.15, 0.2) is 5.82 Å².